The van der Waals surface area contributed by atoms with Gasteiger partial charge in [-0.25, -0.2) is 13.4 Å². The summed E-state index contributed by atoms with van der Waals surface area (Å²) in [5.41, 5.74) is 2.60. The van der Waals surface area contributed by atoms with Crippen molar-refractivity contribution in [1.29, 1.82) is 0 Å². The van der Waals surface area contributed by atoms with E-state index >= 15 is 0 Å². The van der Waals surface area contributed by atoms with Crippen LogP contribution in [0.25, 0.3) is 0 Å². The van der Waals surface area contributed by atoms with Crippen molar-refractivity contribution < 1.29 is 13.5 Å². The molecular weight excluding hydrogens is 268 g/mol. The fourth-order valence-electron chi connectivity index (χ4n) is 2.09. The Morgan fingerprint density at radius 3 is 2.79 bits per heavy atom. The molecule has 1 aliphatic rings. The lowest BCUT2D eigenvalue weighted by Gasteiger charge is -2.36. The summed E-state index contributed by atoms with van der Waals surface area (Å²) in [6.45, 7) is -0.137. The first-order valence-corrected chi connectivity index (χ1v) is 7.59. The van der Waals surface area contributed by atoms with Crippen LogP contribution < -0.4 is 11.3 Å². The van der Waals surface area contributed by atoms with Crippen LogP contribution in [-0.4, -0.2) is 42.0 Å². The number of nitrogens with two attached hydrogens (primary N) is 1. The van der Waals surface area contributed by atoms with Gasteiger partial charge in [0.1, 0.15) is 0 Å². The second kappa shape index (κ2) is 5.83. The van der Waals surface area contributed by atoms with Crippen LogP contribution in [0.4, 0.5) is 5.69 Å². The van der Waals surface area contributed by atoms with Crippen LogP contribution in [0.1, 0.15) is 19.3 Å². The maximum Gasteiger partial charge on any atom is 0.263 e. The molecule has 0 aliphatic heterocycles. The highest BCUT2D eigenvalue weighted by Gasteiger charge is 2.36. The Morgan fingerprint density at radius 1 is 1.53 bits per heavy atom. The lowest BCUT2D eigenvalue weighted by Crippen LogP contribution is -2.46. The van der Waals surface area contributed by atoms with E-state index in [4.69, 9.17) is 10.9 Å². The number of anilines is 1. The first-order chi connectivity index (χ1) is 9.11. The van der Waals surface area contributed by atoms with Crippen molar-refractivity contribution in [3.8, 4) is 0 Å². The van der Waals surface area contributed by atoms with E-state index in [0.29, 0.717) is 0 Å². The van der Waals surface area contributed by atoms with Crippen LogP contribution in [0.2, 0.25) is 0 Å². The molecule has 1 aromatic rings. The van der Waals surface area contributed by atoms with E-state index < -0.39 is 10.0 Å². The number of nitrogen functional groups attached to an aromatic ring is 1. The number of rotatable bonds is 6. The van der Waals surface area contributed by atoms with E-state index in [-0.39, 0.29) is 29.9 Å². The Morgan fingerprint density at radius 2 is 2.26 bits per heavy atom. The predicted molar refractivity (Wildman–Crippen MR) is 70.7 cm³/mol. The summed E-state index contributed by atoms with van der Waals surface area (Å²) in [6.07, 6.45) is 4.05. The third kappa shape index (κ3) is 2.71. The van der Waals surface area contributed by atoms with Gasteiger partial charge in [0, 0.05) is 18.8 Å². The maximum absolute atomic E-state index is 12.6. The number of nitrogens with zero attached hydrogens (tertiary/aromatic N) is 2. The molecule has 0 saturated heterocycles. The molecule has 19 heavy (non-hydrogen) atoms. The highest BCUT2D eigenvalue weighted by molar-refractivity contribution is 7.89. The molecule has 106 valence electrons. The first-order valence-electron chi connectivity index (χ1n) is 6.15. The van der Waals surface area contributed by atoms with Gasteiger partial charge in [-0.3, -0.25) is 5.84 Å². The van der Waals surface area contributed by atoms with E-state index in [0.717, 1.165) is 19.3 Å². The van der Waals surface area contributed by atoms with Crippen LogP contribution in [-0.2, 0) is 10.0 Å². The molecule has 0 amide bonds. The summed E-state index contributed by atoms with van der Waals surface area (Å²) in [4.78, 5) is 3.91. The number of hydrazine groups is 1. The molecule has 1 fully saturated rings. The highest BCUT2D eigenvalue weighted by Crippen LogP contribution is 2.31. The molecule has 1 heterocycles. The van der Waals surface area contributed by atoms with Crippen LogP contribution in [0.15, 0.2) is 23.4 Å². The van der Waals surface area contributed by atoms with Gasteiger partial charge in [-0.15, -0.1) is 0 Å². The van der Waals surface area contributed by atoms with Crippen LogP contribution in [0, 0.1) is 0 Å². The van der Waals surface area contributed by atoms with Gasteiger partial charge < -0.3 is 10.5 Å². The molecule has 1 aliphatic carbocycles. The third-order valence-corrected chi connectivity index (χ3v) is 5.19. The molecule has 8 heteroatoms. The fraction of sp³-hybridized carbons (Fsp3) is 0.545. The molecule has 1 saturated carbocycles. The van der Waals surface area contributed by atoms with Gasteiger partial charge >= 0.3 is 0 Å². The Kier molecular flexibility index (Phi) is 4.35. The number of nitrogens with one attached hydrogen (secondary N) is 1. The van der Waals surface area contributed by atoms with Gasteiger partial charge in [0.15, 0.2) is 5.03 Å². The van der Waals surface area contributed by atoms with E-state index in [1.165, 1.54) is 10.5 Å². The Labute approximate surface area is 112 Å². The number of aliphatic hydroxyl groups is 1. The second-order valence-corrected chi connectivity index (χ2v) is 6.23. The zero-order valence-electron chi connectivity index (χ0n) is 10.5. The second-order valence-electron chi connectivity index (χ2n) is 4.42. The van der Waals surface area contributed by atoms with E-state index in [1.54, 1.807) is 12.1 Å². The molecule has 4 N–H and O–H groups in total. The molecular formula is C11H18N4O3S. The van der Waals surface area contributed by atoms with Crippen molar-refractivity contribution in [3.05, 3.63) is 18.3 Å². The summed E-state index contributed by atoms with van der Waals surface area (Å²) in [5, 5.41) is 8.98. The van der Waals surface area contributed by atoms with Gasteiger partial charge in [-0.2, -0.15) is 4.31 Å². The predicted octanol–water partition coefficient (Wildman–Crippen LogP) is -0.0973. The zero-order valence-corrected chi connectivity index (χ0v) is 11.3. The topological polar surface area (TPSA) is 109 Å². The lowest BCUT2D eigenvalue weighted by atomic mass is 9.93. The van der Waals surface area contributed by atoms with Crippen LogP contribution in [0.5, 0.6) is 0 Å². The van der Waals surface area contributed by atoms with Crippen molar-refractivity contribution in [2.75, 3.05) is 18.6 Å². The Bertz CT molecular complexity index is 530. The molecule has 2 rings (SSSR count). The number of pyridine rings is 1. The van der Waals surface area contributed by atoms with Gasteiger partial charge in [0.25, 0.3) is 10.0 Å². The average Bonchev–Trinajstić information content (AvgIpc) is 2.36. The maximum atomic E-state index is 12.6. The highest BCUT2D eigenvalue weighted by atomic mass is 32.2. The van der Waals surface area contributed by atoms with Gasteiger partial charge in [-0.05, 0) is 25.0 Å². The van der Waals surface area contributed by atoms with Crippen LogP contribution >= 0.6 is 0 Å². The summed E-state index contributed by atoms with van der Waals surface area (Å²) in [6, 6.07) is 3.11. The number of hydrogen-bond acceptors (Lipinski definition) is 6. The quantitative estimate of drug-likeness (QED) is 0.498. The van der Waals surface area contributed by atoms with E-state index in [1.807, 2.05) is 0 Å². The summed E-state index contributed by atoms with van der Waals surface area (Å²) in [5.74, 6) is 5.32. The largest absolute Gasteiger partial charge is 0.395 e. The summed E-state index contributed by atoms with van der Waals surface area (Å²) >= 11 is 0. The number of sulfonamides is 1. The first kappa shape index (κ1) is 14.2. The van der Waals surface area contributed by atoms with Gasteiger partial charge in [0.2, 0.25) is 0 Å². The molecule has 0 spiro atoms. The molecule has 0 radical (unpaired) electrons. The monoisotopic (exact) mass is 286 g/mol. The number of aromatic nitrogens is 1. The van der Waals surface area contributed by atoms with Crippen molar-refractivity contribution in [1.82, 2.24) is 9.29 Å². The molecule has 7 nitrogen and oxygen atoms in total. The van der Waals surface area contributed by atoms with E-state index in [2.05, 4.69) is 10.4 Å². The number of aliphatic hydroxyl groups excluding tert-OH is 1. The SMILES string of the molecule is NNc1cccnc1S(=O)(=O)N(CCO)C1CCC1. The molecule has 1 aromatic heterocycles. The van der Waals surface area contributed by atoms with Crippen molar-refractivity contribution in [2.24, 2.45) is 5.84 Å². The molecule has 0 atom stereocenters. The van der Waals surface area contributed by atoms with E-state index in [9.17, 15) is 8.42 Å². The van der Waals surface area contributed by atoms with Crippen molar-refractivity contribution >= 4 is 15.7 Å². The standard InChI is InChI=1S/C11H18N4O3S/c12-14-10-5-2-6-13-11(10)19(17,18)15(7-8-16)9-3-1-4-9/h2,5-6,9,14,16H,1,3-4,7-8,12H2. The average molecular weight is 286 g/mol. The Balaban J connectivity index is 2.38. The third-order valence-electron chi connectivity index (χ3n) is 3.28. The minimum Gasteiger partial charge on any atom is -0.395 e. The zero-order chi connectivity index (χ0) is 13.9. The minimum atomic E-state index is -3.75. The minimum absolute atomic E-state index is 0.0511. The Hall–Kier alpha value is -1.22. The smallest absolute Gasteiger partial charge is 0.263 e. The summed E-state index contributed by atoms with van der Waals surface area (Å²) < 4.78 is 26.5. The molecule has 0 unspecified atom stereocenters. The summed E-state index contributed by atoms with van der Waals surface area (Å²) in [7, 11) is -3.75. The van der Waals surface area contributed by atoms with Crippen molar-refractivity contribution in [2.45, 2.75) is 30.3 Å². The number of hydrogen-bond donors (Lipinski definition) is 3. The van der Waals surface area contributed by atoms with Crippen LogP contribution in [0.3, 0.4) is 0 Å². The van der Waals surface area contributed by atoms with Gasteiger partial charge in [0.05, 0.1) is 12.3 Å². The lowest BCUT2D eigenvalue weighted by molar-refractivity contribution is 0.178. The fourth-order valence-corrected chi connectivity index (χ4v) is 3.84. The van der Waals surface area contributed by atoms with Gasteiger partial charge in [-0.1, -0.05) is 6.42 Å². The molecule has 0 aromatic carbocycles. The molecule has 0 bridgehead atoms. The normalized spacial score (nSPS) is 16.4. The van der Waals surface area contributed by atoms with Crippen molar-refractivity contribution in [3.63, 3.8) is 0 Å².